The number of carbonyl (C=O) groups is 2. The second-order valence-corrected chi connectivity index (χ2v) is 9.21. The van der Waals surface area contributed by atoms with Crippen molar-refractivity contribution < 1.29 is 9.59 Å². The molecule has 172 valence electrons. The second-order valence-electron chi connectivity index (χ2n) is 8.36. The fourth-order valence-electron chi connectivity index (χ4n) is 4.28. The van der Waals surface area contributed by atoms with Crippen molar-refractivity contribution in [1.29, 1.82) is 0 Å². The zero-order valence-electron chi connectivity index (χ0n) is 19.0. The van der Waals surface area contributed by atoms with Crippen molar-refractivity contribution in [1.82, 2.24) is 14.4 Å². The molecule has 0 fully saturated rings. The summed E-state index contributed by atoms with van der Waals surface area (Å²) in [6.07, 6.45) is 2.83. The van der Waals surface area contributed by atoms with Gasteiger partial charge in [0.25, 0.3) is 0 Å². The van der Waals surface area contributed by atoms with Gasteiger partial charge in [0.2, 0.25) is 5.91 Å². The van der Waals surface area contributed by atoms with E-state index in [0.29, 0.717) is 18.8 Å². The highest BCUT2D eigenvalue weighted by Gasteiger charge is 2.33. The van der Waals surface area contributed by atoms with Gasteiger partial charge in [0.05, 0.1) is 11.7 Å². The number of aryl methyl sites for hydroxylation is 1. The number of urea groups is 1. The number of rotatable bonds is 6. The van der Waals surface area contributed by atoms with Crippen LogP contribution in [0.4, 0.5) is 10.5 Å². The molecule has 1 aliphatic heterocycles. The van der Waals surface area contributed by atoms with Crippen LogP contribution in [0.1, 0.15) is 36.2 Å². The molecule has 7 heteroatoms. The third-order valence-electron chi connectivity index (χ3n) is 5.97. The number of para-hydroxylation sites is 1. The van der Waals surface area contributed by atoms with Crippen LogP contribution in [-0.4, -0.2) is 45.9 Å². The first kappa shape index (κ1) is 23.1. The molecule has 0 aliphatic carbocycles. The van der Waals surface area contributed by atoms with Crippen LogP contribution >= 0.6 is 15.9 Å². The third-order valence-corrected chi connectivity index (χ3v) is 6.67. The Bertz CT molecular complexity index is 1130. The number of anilines is 1. The molecular formula is C26H29BrN4O2. The van der Waals surface area contributed by atoms with Crippen LogP contribution < -0.4 is 5.32 Å². The lowest BCUT2D eigenvalue weighted by atomic mass is 9.98. The first-order valence-electron chi connectivity index (χ1n) is 11.3. The minimum Gasteiger partial charge on any atom is -0.348 e. The Kier molecular flexibility index (Phi) is 7.18. The zero-order valence-corrected chi connectivity index (χ0v) is 20.6. The summed E-state index contributed by atoms with van der Waals surface area (Å²) in [6.45, 7) is 5.95. The Hall–Kier alpha value is -3.06. The Morgan fingerprint density at radius 1 is 1.06 bits per heavy atom. The van der Waals surface area contributed by atoms with E-state index in [-0.39, 0.29) is 24.5 Å². The van der Waals surface area contributed by atoms with Gasteiger partial charge in [-0.25, -0.2) is 4.79 Å². The molecule has 6 nitrogen and oxygen atoms in total. The van der Waals surface area contributed by atoms with E-state index in [0.717, 1.165) is 28.7 Å². The van der Waals surface area contributed by atoms with Crippen LogP contribution in [0.15, 0.2) is 71.3 Å². The number of fused-ring (bicyclic) bond motifs is 1. The number of hydrogen-bond donors (Lipinski definition) is 1. The lowest BCUT2D eigenvalue weighted by Crippen LogP contribution is -2.48. The minimum atomic E-state index is -0.274. The first-order valence-corrected chi connectivity index (χ1v) is 12.1. The van der Waals surface area contributed by atoms with Crippen LogP contribution in [0.3, 0.4) is 0 Å². The van der Waals surface area contributed by atoms with Crippen LogP contribution in [0, 0.1) is 6.92 Å². The Balaban J connectivity index is 1.56. The minimum absolute atomic E-state index is 0.0349. The van der Waals surface area contributed by atoms with E-state index in [9.17, 15) is 9.59 Å². The molecule has 1 unspecified atom stereocenters. The van der Waals surface area contributed by atoms with Gasteiger partial charge in [-0.2, -0.15) is 0 Å². The Labute approximate surface area is 203 Å². The maximum absolute atomic E-state index is 13.6. The maximum atomic E-state index is 13.6. The smallest absolute Gasteiger partial charge is 0.322 e. The number of carbonyl (C=O) groups excluding carboxylic acids is 2. The number of nitrogens with one attached hydrogen (secondary N) is 1. The number of aromatic nitrogens is 1. The molecular weight excluding hydrogens is 480 g/mol. The van der Waals surface area contributed by atoms with E-state index in [2.05, 4.69) is 69.3 Å². The summed E-state index contributed by atoms with van der Waals surface area (Å²) in [5.41, 5.74) is 4.04. The zero-order chi connectivity index (χ0) is 23.4. The highest BCUT2D eigenvalue weighted by Crippen LogP contribution is 2.33. The molecule has 0 bridgehead atoms. The molecule has 1 atom stereocenters. The van der Waals surface area contributed by atoms with E-state index in [1.165, 1.54) is 5.56 Å². The predicted molar refractivity (Wildman–Crippen MR) is 134 cm³/mol. The van der Waals surface area contributed by atoms with Crippen molar-refractivity contribution in [2.24, 2.45) is 0 Å². The van der Waals surface area contributed by atoms with Crippen molar-refractivity contribution in [3.8, 4) is 0 Å². The molecule has 3 amide bonds. The first-order chi connectivity index (χ1) is 16.0. The van der Waals surface area contributed by atoms with E-state index in [1.54, 1.807) is 4.90 Å². The second kappa shape index (κ2) is 10.3. The SMILES string of the molecule is CCCN(CC(=O)N1CCn2cccc2C1c1ccc(C)cc1)C(=O)Nc1ccccc1Br. The summed E-state index contributed by atoms with van der Waals surface area (Å²) in [4.78, 5) is 30.1. The lowest BCUT2D eigenvalue weighted by Gasteiger charge is -2.38. The van der Waals surface area contributed by atoms with Crippen LogP contribution in [0.5, 0.6) is 0 Å². The van der Waals surface area contributed by atoms with Gasteiger partial charge in [-0.05, 0) is 59.1 Å². The summed E-state index contributed by atoms with van der Waals surface area (Å²) in [6, 6.07) is 19.5. The van der Waals surface area contributed by atoms with E-state index in [1.807, 2.05) is 42.2 Å². The largest absolute Gasteiger partial charge is 0.348 e. The average molecular weight is 509 g/mol. The van der Waals surface area contributed by atoms with Crippen molar-refractivity contribution in [3.63, 3.8) is 0 Å². The molecule has 33 heavy (non-hydrogen) atoms. The summed E-state index contributed by atoms with van der Waals surface area (Å²) in [5, 5.41) is 2.93. The van der Waals surface area contributed by atoms with Gasteiger partial charge in [-0.3, -0.25) is 4.79 Å². The summed E-state index contributed by atoms with van der Waals surface area (Å²) < 4.78 is 3.01. The molecule has 1 aromatic heterocycles. The molecule has 0 radical (unpaired) electrons. The molecule has 2 aromatic carbocycles. The van der Waals surface area contributed by atoms with Crippen molar-refractivity contribution in [3.05, 3.63) is 88.2 Å². The number of amides is 3. The van der Waals surface area contributed by atoms with Gasteiger partial charge in [0, 0.05) is 36.0 Å². The van der Waals surface area contributed by atoms with Gasteiger partial charge in [-0.1, -0.05) is 48.9 Å². The van der Waals surface area contributed by atoms with E-state index in [4.69, 9.17) is 0 Å². The average Bonchev–Trinajstić information content (AvgIpc) is 3.29. The van der Waals surface area contributed by atoms with Crippen molar-refractivity contribution >= 4 is 33.6 Å². The van der Waals surface area contributed by atoms with Crippen molar-refractivity contribution in [2.45, 2.75) is 32.9 Å². The Morgan fingerprint density at radius 2 is 1.82 bits per heavy atom. The number of benzene rings is 2. The van der Waals surface area contributed by atoms with Crippen molar-refractivity contribution in [2.75, 3.05) is 25.0 Å². The lowest BCUT2D eigenvalue weighted by molar-refractivity contribution is -0.134. The maximum Gasteiger partial charge on any atom is 0.322 e. The Morgan fingerprint density at radius 3 is 2.55 bits per heavy atom. The predicted octanol–water partition coefficient (Wildman–Crippen LogP) is 5.43. The number of halogens is 1. The molecule has 4 rings (SSSR count). The third kappa shape index (κ3) is 5.14. The van der Waals surface area contributed by atoms with Gasteiger partial charge in [0.15, 0.2) is 0 Å². The molecule has 3 aromatic rings. The number of hydrogen-bond acceptors (Lipinski definition) is 2. The monoisotopic (exact) mass is 508 g/mol. The standard InChI is InChI=1S/C26H29BrN4O2/c1-3-14-30(26(33)28-22-8-5-4-7-21(22)27)18-24(32)31-17-16-29-15-6-9-23(29)25(31)20-12-10-19(2)11-13-20/h4-13,15,25H,3,14,16-18H2,1-2H3,(H,28,33). The summed E-state index contributed by atoms with van der Waals surface area (Å²) in [7, 11) is 0. The topological polar surface area (TPSA) is 57.6 Å². The highest BCUT2D eigenvalue weighted by molar-refractivity contribution is 9.10. The fraction of sp³-hybridized carbons (Fsp3) is 0.308. The van der Waals surface area contributed by atoms with Gasteiger partial charge >= 0.3 is 6.03 Å². The molecule has 0 spiro atoms. The molecule has 1 N–H and O–H groups in total. The van der Waals surface area contributed by atoms with Crippen LogP contribution in [-0.2, 0) is 11.3 Å². The quantitative estimate of drug-likeness (QED) is 0.482. The van der Waals surface area contributed by atoms with E-state index < -0.39 is 0 Å². The molecule has 0 saturated heterocycles. The molecule has 0 saturated carbocycles. The van der Waals surface area contributed by atoms with Gasteiger partial charge in [0.1, 0.15) is 6.54 Å². The van der Waals surface area contributed by atoms with Crippen LogP contribution in [0.25, 0.3) is 0 Å². The summed E-state index contributed by atoms with van der Waals surface area (Å²) >= 11 is 3.47. The van der Waals surface area contributed by atoms with Gasteiger partial charge in [-0.15, -0.1) is 0 Å². The van der Waals surface area contributed by atoms with Crippen LogP contribution in [0.2, 0.25) is 0 Å². The highest BCUT2D eigenvalue weighted by atomic mass is 79.9. The molecule has 2 heterocycles. The fourth-order valence-corrected chi connectivity index (χ4v) is 4.67. The number of nitrogens with zero attached hydrogens (tertiary/aromatic N) is 3. The van der Waals surface area contributed by atoms with E-state index >= 15 is 0 Å². The van der Waals surface area contributed by atoms with Gasteiger partial charge < -0.3 is 19.7 Å². The normalized spacial score (nSPS) is 15.1. The summed E-state index contributed by atoms with van der Waals surface area (Å²) in [5.74, 6) is -0.0521. The molecule has 1 aliphatic rings.